The number of carbonyl (C=O) groups excluding carboxylic acids is 2. The van der Waals surface area contributed by atoms with Crippen LogP contribution in [0.4, 0.5) is 5.82 Å². The zero-order valence-electron chi connectivity index (χ0n) is 21.2. The molecule has 1 saturated heterocycles. The summed E-state index contributed by atoms with van der Waals surface area (Å²) in [6, 6.07) is 3.18. The van der Waals surface area contributed by atoms with Gasteiger partial charge in [-0.2, -0.15) is 15.3 Å². The van der Waals surface area contributed by atoms with Crippen molar-refractivity contribution in [1.82, 2.24) is 24.9 Å². The Bertz CT molecular complexity index is 1530. The van der Waals surface area contributed by atoms with Crippen LogP contribution >= 0.6 is 11.6 Å². The Morgan fingerprint density at radius 1 is 1.29 bits per heavy atom. The first-order valence-corrected chi connectivity index (χ1v) is 12.7. The predicted octanol–water partition coefficient (Wildman–Crippen LogP) is 2.72. The number of ether oxygens (including phenoxy) is 1. The van der Waals surface area contributed by atoms with Gasteiger partial charge in [0.15, 0.2) is 5.69 Å². The molecule has 5 rings (SSSR count). The van der Waals surface area contributed by atoms with Gasteiger partial charge in [0.2, 0.25) is 5.91 Å². The molecule has 0 bridgehead atoms. The maximum Gasteiger partial charge on any atom is 0.255 e. The molecule has 0 radical (unpaired) electrons. The molecule has 1 aliphatic carbocycles. The monoisotopic (exact) mass is 533 g/mol. The molecule has 1 aliphatic heterocycles. The van der Waals surface area contributed by atoms with Crippen LogP contribution in [0.2, 0.25) is 5.02 Å². The number of benzene rings is 1. The number of anilines is 1. The molecule has 196 valence electrons. The molecular weight excluding hydrogens is 506 g/mol. The van der Waals surface area contributed by atoms with Gasteiger partial charge in [0.05, 0.1) is 34.9 Å². The van der Waals surface area contributed by atoms with Crippen LogP contribution in [0.1, 0.15) is 64.1 Å². The lowest BCUT2D eigenvalue weighted by atomic mass is 10.0. The number of hydrogen-bond acceptors (Lipinski definition) is 7. The fourth-order valence-electron chi connectivity index (χ4n) is 5.21. The van der Waals surface area contributed by atoms with Gasteiger partial charge in [-0.05, 0) is 61.8 Å². The maximum atomic E-state index is 12.4. The van der Waals surface area contributed by atoms with Crippen molar-refractivity contribution in [3.8, 4) is 11.8 Å². The first-order chi connectivity index (χ1) is 18.2. The number of nitrogens with zero attached hydrogens (tertiary/aromatic N) is 5. The van der Waals surface area contributed by atoms with Gasteiger partial charge in [-0.25, -0.2) is 4.68 Å². The van der Waals surface area contributed by atoms with E-state index < -0.39 is 5.91 Å². The van der Waals surface area contributed by atoms with E-state index in [4.69, 9.17) is 27.8 Å². The van der Waals surface area contributed by atoms with Crippen LogP contribution in [0, 0.1) is 18.8 Å². The van der Waals surface area contributed by atoms with Crippen molar-refractivity contribution in [3.63, 3.8) is 0 Å². The largest absolute Gasteiger partial charge is 0.383 e. The van der Waals surface area contributed by atoms with Gasteiger partial charge in [-0.1, -0.05) is 24.1 Å². The van der Waals surface area contributed by atoms with Crippen molar-refractivity contribution in [2.75, 3.05) is 26.0 Å². The predicted molar refractivity (Wildman–Crippen MR) is 144 cm³/mol. The van der Waals surface area contributed by atoms with Gasteiger partial charge in [-0.15, -0.1) is 0 Å². The second-order valence-electron chi connectivity index (χ2n) is 9.68. The molecule has 11 heteroatoms. The van der Waals surface area contributed by atoms with Gasteiger partial charge in [-0.3, -0.25) is 9.59 Å². The summed E-state index contributed by atoms with van der Waals surface area (Å²) < 4.78 is 6.80. The normalized spacial score (nSPS) is 18.9. The van der Waals surface area contributed by atoms with E-state index in [1.807, 2.05) is 13.0 Å². The van der Waals surface area contributed by atoms with E-state index in [1.54, 1.807) is 18.1 Å². The quantitative estimate of drug-likeness (QED) is 0.366. The van der Waals surface area contributed by atoms with E-state index in [0.717, 1.165) is 23.9 Å². The van der Waals surface area contributed by atoms with E-state index in [9.17, 15) is 9.59 Å². The average molecular weight is 534 g/mol. The van der Waals surface area contributed by atoms with Crippen molar-refractivity contribution in [3.05, 3.63) is 57.9 Å². The van der Waals surface area contributed by atoms with E-state index in [-0.39, 0.29) is 35.1 Å². The van der Waals surface area contributed by atoms with Crippen LogP contribution in [-0.2, 0) is 9.53 Å². The fraction of sp³-hybridized carbons (Fsp3) is 0.370. The lowest BCUT2D eigenvalue weighted by molar-refractivity contribution is -0.127. The SMILES string of the molecule is C=CC(=O)N1C[C@@H](n2nc(C#Cc3cc4nnc(C)c(C5CC5)c4cc3Cl)c(C(N)=O)c2N)C[C@@H]1COC. The summed E-state index contributed by atoms with van der Waals surface area (Å²) in [4.78, 5) is 26.4. The van der Waals surface area contributed by atoms with E-state index >= 15 is 0 Å². The first-order valence-electron chi connectivity index (χ1n) is 12.3. The van der Waals surface area contributed by atoms with Crippen LogP contribution in [-0.4, -0.2) is 63.0 Å². The van der Waals surface area contributed by atoms with E-state index in [0.29, 0.717) is 41.6 Å². The van der Waals surface area contributed by atoms with Crippen LogP contribution in [0.3, 0.4) is 0 Å². The van der Waals surface area contributed by atoms with E-state index in [2.05, 4.69) is 33.7 Å². The molecule has 2 fully saturated rings. The summed E-state index contributed by atoms with van der Waals surface area (Å²) in [6.45, 7) is 6.21. The standard InChI is InChI=1S/C27H28ClN7O3/c1-4-23(36)34-12-17(10-18(34)13-38-3)35-26(29)25(27(30)37)21(33-35)8-7-16-9-22-19(11-20(16)28)24(15-5-6-15)14(2)31-32-22/h4,9,11,15,17-18H,1,5-6,10,12-13,29H2,2-3H3,(H2,30,37)/t17-,18+/m0/s1. The number of fused-ring (bicyclic) bond motifs is 1. The molecule has 2 aliphatic rings. The zero-order chi connectivity index (χ0) is 27.1. The number of likely N-dealkylation sites (tertiary alicyclic amines) is 1. The third-order valence-electron chi connectivity index (χ3n) is 7.12. The number of halogens is 1. The highest BCUT2D eigenvalue weighted by atomic mass is 35.5. The first kappa shape index (κ1) is 25.7. The Morgan fingerprint density at radius 3 is 2.71 bits per heavy atom. The molecule has 0 unspecified atom stereocenters. The summed E-state index contributed by atoms with van der Waals surface area (Å²) >= 11 is 6.62. The maximum absolute atomic E-state index is 12.4. The third-order valence-corrected chi connectivity index (χ3v) is 7.44. The molecular formula is C27H28ClN7O3. The highest BCUT2D eigenvalue weighted by Gasteiger charge is 2.37. The van der Waals surface area contributed by atoms with Crippen molar-refractivity contribution in [2.45, 2.75) is 44.2 Å². The number of hydrogen-bond donors (Lipinski definition) is 2. The number of nitrogen functional groups attached to an aromatic ring is 1. The molecule has 0 spiro atoms. The third kappa shape index (κ3) is 4.59. The van der Waals surface area contributed by atoms with Crippen molar-refractivity contribution < 1.29 is 14.3 Å². The molecule has 2 aromatic heterocycles. The summed E-state index contributed by atoms with van der Waals surface area (Å²) in [6.07, 6.45) is 4.05. The number of primary amides is 1. The molecule has 1 aromatic carbocycles. The number of amides is 2. The van der Waals surface area contributed by atoms with Crippen LogP contribution in [0.5, 0.6) is 0 Å². The Kier molecular flexibility index (Phi) is 6.82. The highest BCUT2D eigenvalue weighted by molar-refractivity contribution is 6.32. The summed E-state index contributed by atoms with van der Waals surface area (Å²) in [7, 11) is 1.57. The minimum atomic E-state index is -0.747. The number of carbonyl (C=O) groups is 2. The molecule has 1 saturated carbocycles. The number of rotatable bonds is 6. The smallest absolute Gasteiger partial charge is 0.255 e. The Balaban J connectivity index is 1.51. The lowest BCUT2D eigenvalue weighted by Crippen LogP contribution is -2.37. The number of methoxy groups -OCH3 is 1. The van der Waals surface area contributed by atoms with Crippen LogP contribution < -0.4 is 11.5 Å². The Morgan fingerprint density at radius 2 is 2.05 bits per heavy atom. The van der Waals surface area contributed by atoms with Gasteiger partial charge in [0.25, 0.3) is 5.91 Å². The van der Waals surface area contributed by atoms with Crippen LogP contribution in [0.15, 0.2) is 24.8 Å². The van der Waals surface area contributed by atoms with Gasteiger partial charge >= 0.3 is 0 Å². The average Bonchev–Trinajstić information content (AvgIpc) is 3.54. The second-order valence-corrected chi connectivity index (χ2v) is 10.1. The Labute approximate surface area is 225 Å². The highest BCUT2D eigenvalue weighted by Crippen LogP contribution is 2.44. The van der Waals surface area contributed by atoms with Gasteiger partial charge < -0.3 is 21.1 Å². The zero-order valence-corrected chi connectivity index (χ0v) is 22.0. The molecule has 2 atom stereocenters. The minimum absolute atomic E-state index is 0.0256. The Hall–Kier alpha value is -3.94. The van der Waals surface area contributed by atoms with Gasteiger partial charge in [0.1, 0.15) is 11.4 Å². The minimum Gasteiger partial charge on any atom is -0.383 e. The molecule has 2 amide bonds. The van der Waals surface area contributed by atoms with Crippen molar-refractivity contribution >= 4 is 40.1 Å². The number of nitrogens with two attached hydrogens (primary N) is 2. The van der Waals surface area contributed by atoms with Crippen molar-refractivity contribution in [1.29, 1.82) is 0 Å². The molecule has 4 N–H and O–H groups in total. The second kappa shape index (κ2) is 10.1. The molecule has 38 heavy (non-hydrogen) atoms. The molecule has 3 aromatic rings. The summed E-state index contributed by atoms with van der Waals surface area (Å²) in [5.41, 5.74) is 15.5. The molecule has 10 nitrogen and oxygen atoms in total. The fourth-order valence-corrected chi connectivity index (χ4v) is 5.42. The topological polar surface area (TPSA) is 142 Å². The van der Waals surface area contributed by atoms with Gasteiger partial charge in [0, 0.05) is 24.6 Å². The molecule has 3 heterocycles. The van der Waals surface area contributed by atoms with Crippen LogP contribution in [0.25, 0.3) is 10.9 Å². The lowest BCUT2D eigenvalue weighted by Gasteiger charge is -2.22. The van der Waals surface area contributed by atoms with E-state index in [1.165, 1.54) is 16.3 Å². The summed E-state index contributed by atoms with van der Waals surface area (Å²) in [5, 5.41) is 14.6. The number of aryl methyl sites for hydroxylation is 1. The number of aromatic nitrogens is 4. The van der Waals surface area contributed by atoms with Crippen molar-refractivity contribution in [2.24, 2.45) is 5.73 Å². The summed E-state index contributed by atoms with van der Waals surface area (Å²) in [5.74, 6) is 5.55.